The molecule has 0 spiro atoms. The summed E-state index contributed by atoms with van der Waals surface area (Å²) in [6, 6.07) is 14.2. The minimum Gasteiger partial charge on any atom is -0.496 e. The fourth-order valence-corrected chi connectivity index (χ4v) is 7.63. The Morgan fingerprint density at radius 1 is 1.02 bits per heavy atom. The van der Waals surface area contributed by atoms with Gasteiger partial charge in [-0.15, -0.1) is 11.3 Å². The summed E-state index contributed by atoms with van der Waals surface area (Å²) in [5.74, 6) is -0.587. The zero-order valence-electron chi connectivity index (χ0n) is 22.9. The summed E-state index contributed by atoms with van der Waals surface area (Å²) >= 11 is 7.40. The number of carbonyl (C=O) groups is 1. The minimum absolute atomic E-state index is 0.0147. The van der Waals surface area contributed by atoms with Crippen molar-refractivity contribution in [3.8, 4) is 16.9 Å². The van der Waals surface area contributed by atoms with Crippen LogP contribution in [0.3, 0.4) is 0 Å². The lowest BCUT2D eigenvalue weighted by Crippen LogP contribution is -2.41. The SMILES string of the molecule is COc1ccc(-c2cccc(S(C)(=O)=O)c2)cc1CN(C(=O)c1sc2c(F)ccc(F)c2c1Cl)[C@H]1CC[C@H](C)CC1. The molecule has 0 unspecified atom stereocenters. The molecule has 0 saturated heterocycles. The molecule has 1 aromatic heterocycles. The molecule has 5 nitrogen and oxygen atoms in total. The summed E-state index contributed by atoms with van der Waals surface area (Å²) in [6.45, 7) is 2.37. The third-order valence-corrected chi connectivity index (χ3v) is 10.6. The van der Waals surface area contributed by atoms with E-state index in [0.29, 0.717) is 17.2 Å². The molecule has 1 saturated carbocycles. The molecule has 0 atom stereocenters. The van der Waals surface area contributed by atoms with Crippen LogP contribution >= 0.6 is 22.9 Å². The van der Waals surface area contributed by atoms with Crippen LogP contribution in [0.5, 0.6) is 5.75 Å². The Labute approximate surface area is 247 Å². The van der Waals surface area contributed by atoms with Gasteiger partial charge in [-0.3, -0.25) is 4.79 Å². The number of benzene rings is 3. The molecule has 41 heavy (non-hydrogen) atoms. The molecule has 1 aliphatic rings. The highest BCUT2D eigenvalue weighted by molar-refractivity contribution is 7.90. The van der Waals surface area contributed by atoms with Crippen molar-refractivity contribution in [2.45, 2.75) is 50.1 Å². The number of methoxy groups -OCH3 is 1. The largest absolute Gasteiger partial charge is 0.496 e. The number of ether oxygens (including phenoxy) is 1. The van der Waals surface area contributed by atoms with Crippen LogP contribution < -0.4 is 4.74 Å². The number of fused-ring (bicyclic) bond motifs is 1. The summed E-state index contributed by atoms with van der Waals surface area (Å²) in [4.78, 5) is 16.2. The van der Waals surface area contributed by atoms with Gasteiger partial charge < -0.3 is 9.64 Å². The number of halogens is 3. The van der Waals surface area contributed by atoms with Crippen molar-refractivity contribution in [3.05, 3.63) is 81.7 Å². The molecule has 0 radical (unpaired) electrons. The molecule has 5 rings (SSSR count). The topological polar surface area (TPSA) is 63.7 Å². The van der Waals surface area contributed by atoms with Crippen LogP contribution in [0.4, 0.5) is 8.78 Å². The second-order valence-electron chi connectivity index (χ2n) is 10.7. The smallest absolute Gasteiger partial charge is 0.266 e. The average molecular weight is 618 g/mol. The highest BCUT2D eigenvalue weighted by Crippen LogP contribution is 2.41. The predicted molar refractivity (Wildman–Crippen MR) is 160 cm³/mol. The number of rotatable bonds is 7. The molecule has 1 aliphatic carbocycles. The summed E-state index contributed by atoms with van der Waals surface area (Å²) in [6.07, 6.45) is 4.64. The number of amides is 1. The standard InChI is InChI=1S/C31H30ClF2NO4S2/c1-18-7-10-22(11-8-18)35(31(36)30-28(32)27-24(33)12-13-25(34)29(27)40-30)17-21-15-20(9-14-26(21)39-2)19-5-4-6-23(16-19)41(3,37)38/h4-6,9,12-16,18,22H,7-8,10-11,17H2,1-3H3/t18-,22-. The summed E-state index contributed by atoms with van der Waals surface area (Å²) in [5.41, 5.74) is 2.19. The number of thiophene rings is 1. The van der Waals surface area contributed by atoms with Gasteiger partial charge in [-0.25, -0.2) is 17.2 Å². The third-order valence-electron chi connectivity index (χ3n) is 7.78. The second kappa shape index (κ2) is 11.7. The zero-order valence-corrected chi connectivity index (χ0v) is 25.3. The molecule has 4 aromatic rings. The molecule has 0 aliphatic heterocycles. The first kappa shape index (κ1) is 29.5. The van der Waals surface area contributed by atoms with Gasteiger partial charge in [0.05, 0.1) is 27.1 Å². The van der Waals surface area contributed by atoms with Crippen molar-refractivity contribution in [2.75, 3.05) is 13.4 Å². The van der Waals surface area contributed by atoms with Gasteiger partial charge in [0.2, 0.25) is 0 Å². The van der Waals surface area contributed by atoms with Gasteiger partial charge in [0.25, 0.3) is 5.91 Å². The Hall–Kier alpha value is -3.01. The van der Waals surface area contributed by atoms with Crippen LogP contribution in [-0.4, -0.2) is 38.6 Å². The lowest BCUT2D eigenvalue weighted by molar-refractivity contribution is 0.0597. The van der Waals surface area contributed by atoms with Gasteiger partial charge in [-0.2, -0.15) is 0 Å². The van der Waals surface area contributed by atoms with E-state index in [1.807, 2.05) is 18.2 Å². The Morgan fingerprint density at radius 2 is 1.71 bits per heavy atom. The van der Waals surface area contributed by atoms with E-state index in [1.54, 1.807) is 36.3 Å². The molecular formula is C31H30ClF2NO4S2. The van der Waals surface area contributed by atoms with E-state index in [1.165, 1.54) is 0 Å². The van der Waals surface area contributed by atoms with E-state index >= 15 is 0 Å². The molecule has 1 amide bonds. The molecule has 3 aromatic carbocycles. The Kier molecular flexibility index (Phi) is 8.41. The fraction of sp³-hybridized carbons (Fsp3) is 0.323. The maximum absolute atomic E-state index is 14.6. The van der Waals surface area contributed by atoms with E-state index in [4.69, 9.17) is 16.3 Å². The van der Waals surface area contributed by atoms with E-state index in [0.717, 1.165) is 66.5 Å². The lowest BCUT2D eigenvalue weighted by atomic mass is 9.86. The molecule has 1 heterocycles. The molecule has 216 valence electrons. The highest BCUT2D eigenvalue weighted by Gasteiger charge is 2.32. The monoisotopic (exact) mass is 617 g/mol. The average Bonchev–Trinajstić information content (AvgIpc) is 3.31. The normalized spacial score (nSPS) is 17.5. The van der Waals surface area contributed by atoms with Crippen LogP contribution in [-0.2, 0) is 16.4 Å². The molecule has 0 bridgehead atoms. The fourth-order valence-electron chi connectivity index (χ4n) is 5.46. The number of nitrogens with zero attached hydrogens (tertiary/aromatic N) is 1. The molecule has 0 N–H and O–H groups in total. The van der Waals surface area contributed by atoms with Crippen LogP contribution in [0, 0.1) is 17.6 Å². The van der Waals surface area contributed by atoms with Crippen molar-refractivity contribution >= 4 is 48.8 Å². The van der Waals surface area contributed by atoms with Crippen molar-refractivity contribution in [3.63, 3.8) is 0 Å². The van der Waals surface area contributed by atoms with Crippen LogP contribution in [0.15, 0.2) is 59.5 Å². The Morgan fingerprint density at radius 3 is 2.37 bits per heavy atom. The second-order valence-corrected chi connectivity index (χ2v) is 14.1. The van der Waals surface area contributed by atoms with Gasteiger partial charge in [0.15, 0.2) is 9.84 Å². The molecule has 1 fully saturated rings. The van der Waals surface area contributed by atoms with E-state index in [2.05, 4.69) is 6.92 Å². The molecular weight excluding hydrogens is 588 g/mol. The summed E-state index contributed by atoms with van der Waals surface area (Å²) < 4.78 is 59.2. The van der Waals surface area contributed by atoms with Crippen molar-refractivity contribution in [2.24, 2.45) is 5.92 Å². The van der Waals surface area contributed by atoms with Crippen molar-refractivity contribution in [1.82, 2.24) is 4.90 Å². The number of carbonyl (C=O) groups excluding carboxylic acids is 1. The van der Waals surface area contributed by atoms with Crippen LogP contribution in [0.25, 0.3) is 21.2 Å². The Bertz CT molecular complexity index is 1730. The van der Waals surface area contributed by atoms with Gasteiger partial charge in [-0.1, -0.05) is 36.7 Å². The first-order valence-corrected chi connectivity index (χ1v) is 16.4. The lowest BCUT2D eigenvalue weighted by Gasteiger charge is -2.36. The third kappa shape index (κ3) is 5.98. The van der Waals surface area contributed by atoms with Gasteiger partial charge in [0.1, 0.15) is 22.3 Å². The van der Waals surface area contributed by atoms with Gasteiger partial charge in [0, 0.05) is 24.4 Å². The van der Waals surface area contributed by atoms with E-state index < -0.39 is 21.5 Å². The molecule has 10 heteroatoms. The van der Waals surface area contributed by atoms with Crippen molar-refractivity contribution in [1.29, 1.82) is 0 Å². The van der Waals surface area contributed by atoms with E-state index in [9.17, 15) is 22.0 Å². The predicted octanol–water partition coefficient (Wildman–Crippen LogP) is 8.13. The minimum atomic E-state index is -3.40. The quantitative estimate of drug-likeness (QED) is 0.210. The first-order chi connectivity index (χ1) is 19.5. The number of hydrogen-bond donors (Lipinski definition) is 0. The Balaban J connectivity index is 1.57. The number of sulfone groups is 1. The van der Waals surface area contributed by atoms with Crippen LogP contribution in [0.2, 0.25) is 5.02 Å². The maximum atomic E-state index is 14.6. The zero-order chi connectivity index (χ0) is 29.5. The van der Waals surface area contributed by atoms with Gasteiger partial charge in [-0.05, 0) is 79.1 Å². The first-order valence-electron chi connectivity index (χ1n) is 13.3. The van der Waals surface area contributed by atoms with E-state index in [-0.39, 0.29) is 43.4 Å². The van der Waals surface area contributed by atoms with Crippen LogP contribution in [0.1, 0.15) is 47.8 Å². The summed E-state index contributed by atoms with van der Waals surface area (Å²) in [7, 11) is -1.85. The van der Waals surface area contributed by atoms with Crippen molar-refractivity contribution < 1.29 is 26.7 Å². The highest BCUT2D eigenvalue weighted by atomic mass is 35.5. The summed E-state index contributed by atoms with van der Waals surface area (Å²) in [5, 5.41) is -0.165. The number of hydrogen-bond acceptors (Lipinski definition) is 5. The van der Waals surface area contributed by atoms with Gasteiger partial charge >= 0.3 is 0 Å². The maximum Gasteiger partial charge on any atom is 0.266 e.